The smallest absolute Gasteiger partial charge is 0.308 e. The number of esters is 1. The van der Waals surface area contributed by atoms with E-state index in [1.54, 1.807) is 5.57 Å². The van der Waals surface area contributed by atoms with Gasteiger partial charge in [0.15, 0.2) is 0 Å². The lowest BCUT2D eigenvalue weighted by molar-refractivity contribution is -0.156. The summed E-state index contributed by atoms with van der Waals surface area (Å²) in [6.45, 7) is 18.8. The highest BCUT2D eigenvalue weighted by molar-refractivity contribution is 5.69. The van der Waals surface area contributed by atoms with Gasteiger partial charge in [-0.1, -0.05) is 65.5 Å². The van der Waals surface area contributed by atoms with Crippen molar-refractivity contribution < 1.29 is 14.3 Å². The number of allylic oxidation sites excluding steroid dienone is 1. The van der Waals surface area contributed by atoms with Crippen LogP contribution in [0.2, 0.25) is 0 Å². The van der Waals surface area contributed by atoms with E-state index < -0.39 is 5.60 Å². The maximum Gasteiger partial charge on any atom is 0.308 e. The van der Waals surface area contributed by atoms with Crippen LogP contribution in [0.3, 0.4) is 0 Å². The lowest BCUT2D eigenvalue weighted by Gasteiger charge is -2.58. The van der Waals surface area contributed by atoms with Gasteiger partial charge in [0.1, 0.15) is 5.60 Å². The van der Waals surface area contributed by atoms with Crippen molar-refractivity contribution in [2.24, 2.45) is 46.3 Å². The molecule has 0 spiro atoms. The minimum Gasteiger partial charge on any atom is -0.460 e. The summed E-state index contributed by atoms with van der Waals surface area (Å²) >= 11 is 0. The van der Waals surface area contributed by atoms with E-state index in [9.17, 15) is 4.79 Å². The highest BCUT2D eigenvalue weighted by Crippen LogP contribution is 2.67. The van der Waals surface area contributed by atoms with Gasteiger partial charge in [-0.3, -0.25) is 4.79 Å². The normalized spacial score (nSPS) is 38.4. The van der Waals surface area contributed by atoms with Crippen molar-refractivity contribution in [3.05, 3.63) is 11.6 Å². The van der Waals surface area contributed by atoms with Gasteiger partial charge >= 0.3 is 5.97 Å². The maximum absolute atomic E-state index is 12.1. The molecule has 0 bridgehead atoms. The van der Waals surface area contributed by atoms with Crippen molar-refractivity contribution in [2.75, 3.05) is 6.61 Å². The van der Waals surface area contributed by atoms with E-state index in [0.717, 1.165) is 48.3 Å². The van der Waals surface area contributed by atoms with Crippen molar-refractivity contribution in [1.29, 1.82) is 0 Å². The second-order valence-electron chi connectivity index (χ2n) is 15.4. The zero-order valence-corrected chi connectivity index (χ0v) is 25.5. The number of carbonyl (C=O) groups is 1. The first-order valence-electron chi connectivity index (χ1n) is 15.9. The molecule has 0 heterocycles. The molecule has 0 aromatic heterocycles. The molecule has 37 heavy (non-hydrogen) atoms. The Kier molecular flexibility index (Phi) is 8.94. The first-order chi connectivity index (χ1) is 17.3. The van der Waals surface area contributed by atoms with Crippen LogP contribution in [0, 0.1) is 46.3 Å². The number of carbonyl (C=O) groups excluding carboxylic acids is 1. The van der Waals surface area contributed by atoms with E-state index in [4.69, 9.17) is 9.47 Å². The van der Waals surface area contributed by atoms with Crippen LogP contribution in [-0.2, 0) is 14.3 Å². The van der Waals surface area contributed by atoms with Gasteiger partial charge in [-0.05, 0) is 118 Å². The molecule has 1 unspecified atom stereocenters. The summed E-state index contributed by atoms with van der Waals surface area (Å²) in [6, 6.07) is 0. The van der Waals surface area contributed by atoms with Crippen LogP contribution in [0.5, 0.6) is 0 Å². The van der Waals surface area contributed by atoms with Gasteiger partial charge in [-0.2, -0.15) is 0 Å². The summed E-state index contributed by atoms with van der Waals surface area (Å²) in [4.78, 5) is 12.1. The Balaban J connectivity index is 1.35. The molecule has 0 amide bonds. The molecule has 212 valence electrons. The monoisotopic (exact) mass is 514 g/mol. The van der Waals surface area contributed by atoms with Gasteiger partial charge in [-0.25, -0.2) is 0 Å². The van der Waals surface area contributed by atoms with Crippen LogP contribution in [0.15, 0.2) is 11.6 Å². The van der Waals surface area contributed by atoms with Gasteiger partial charge in [0.25, 0.3) is 0 Å². The Hall–Kier alpha value is -0.830. The molecule has 4 aliphatic rings. The molecule has 4 rings (SSSR count). The summed E-state index contributed by atoms with van der Waals surface area (Å²) in [6.07, 6.45) is 18.0. The molecule has 0 aromatic carbocycles. The number of ether oxygens (including phenoxy) is 2. The van der Waals surface area contributed by atoms with Gasteiger partial charge in [0, 0.05) is 0 Å². The molecule has 3 saturated carbocycles. The summed E-state index contributed by atoms with van der Waals surface area (Å²) in [7, 11) is 0. The summed E-state index contributed by atoms with van der Waals surface area (Å²) < 4.78 is 11.7. The van der Waals surface area contributed by atoms with E-state index in [1.807, 2.05) is 20.8 Å². The molecular weight excluding hydrogens is 456 g/mol. The number of rotatable bonds is 9. The third kappa shape index (κ3) is 6.33. The van der Waals surface area contributed by atoms with E-state index >= 15 is 0 Å². The topological polar surface area (TPSA) is 35.5 Å². The fourth-order valence-electron chi connectivity index (χ4n) is 9.50. The number of hydrogen-bond donors (Lipinski definition) is 0. The fraction of sp³-hybridized carbons (Fsp3) is 0.912. The number of fused-ring (bicyclic) bond motifs is 5. The highest BCUT2D eigenvalue weighted by Gasteiger charge is 2.59. The van der Waals surface area contributed by atoms with Gasteiger partial charge in [0.05, 0.1) is 19.1 Å². The largest absolute Gasteiger partial charge is 0.460 e. The lowest BCUT2D eigenvalue weighted by atomic mass is 9.47. The minimum absolute atomic E-state index is 0.151. The average Bonchev–Trinajstić information content (AvgIpc) is 3.15. The Morgan fingerprint density at radius 1 is 1.03 bits per heavy atom. The van der Waals surface area contributed by atoms with E-state index in [1.165, 1.54) is 57.8 Å². The second kappa shape index (κ2) is 11.3. The maximum atomic E-state index is 12.1. The first-order valence-corrected chi connectivity index (χ1v) is 15.9. The molecular formula is C34H58O3. The third-order valence-corrected chi connectivity index (χ3v) is 11.3. The van der Waals surface area contributed by atoms with Gasteiger partial charge < -0.3 is 9.47 Å². The molecule has 3 nitrogen and oxygen atoms in total. The van der Waals surface area contributed by atoms with Crippen LogP contribution in [0.4, 0.5) is 0 Å². The van der Waals surface area contributed by atoms with E-state index in [0.29, 0.717) is 23.9 Å². The molecule has 3 heteroatoms. The first kappa shape index (κ1) is 29.2. The fourth-order valence-corrected chi connectivity index (χ4v) is 9.50. The summed E-state index contributed by atoms with van der Waals surface area (Å²) in [5, 5.41) is 0. The molecule has 0 N–H and O–H groups in total. The minimum atomic E-state index is -0.422. The van der Waals surface area contributed by atoms with Crippen molar-refractivity contribution in [1.82, 2.24) is 0 Å². The van der Waals surface area contributed by atoms with Crippen molar-refractivity contribution >= 4 is 5.97 Å². The Morgan fingerprint density at radius 2 is 1.78 bits per heavy atom. The molecule has 4 aliphatic carbocycles. The predicted octanol–water partition coefficient (Wildman–Crippen LogP) is 9.14. The van der Waals surface area contributed by atoms with Crippen LogP contribution in [0.25, 0.3) is 0 Å². The second-order valence-corrected chi connectivity index (χ2v) is 15.4. The SMILES string of the molecule is CC(C)CCC[C@@H](C)[C@H]1CC[C@H]2[C@@H]3CC=C4C[C@@H](OCCC(=O)OC(C)(C)C)CC[C@]4(C)C3CC[C@]12C. The molecule has 0 radical (unpaired) electrons. The van der Waals surface area contributed by atoms with Crippen molar-refractivity contribution in [3.8, 4) is 0 Å². The van der Waals surface area contributed by atoms with E-state index in [2.05, 4.69) is 40.7 Å². The summed E-state index contributed by atoms with van der Waals surface area (Å²) in [5.41, 5.74) is 2.16. The molecule has 0 aromatic rings. The Morgan fingerprint density at radius 3 is 2.49 bits per heavy atom. The third-order valence-electron chi connectivity index (χ3n) is 11.3. The Labute approximate surface area is 228 Å². The molecule has 8 atom stereocenters. The average molecular weight is 515 g/mol. The van der Waals surface area contributed by atoms with Crippen LogP contribution in [0.1, 0.15) is 132 Å². The zero-order chi connectivity index (χ0) is 27.0. The predicted molar refractivity (Wildman–Crippen MR) is 153 cm³/mol. The number of hydrogen-bond acceptors (Lipinski definition) is 3. The quantitative estimate of drug-likeness (QED) is 0.227. The summed E-state index contributed by atoms with van der Waals surface area (Å²) in [5.74, 6) is 5.14. The van der Waals surface area contributed by atoms with Gasteiger partial charge in [0.2, 0.25) is 0 Å². The van der Waals surface area contributed by atoms with Gasteiger partial charge in [-0.15, -0.1) is 0 Å². The zero-order valence-electron chi connectivity index (χ0n) is 25.5. The standard InChI is InChI=1S/C34H58O3/c1-23(2)10-9-11-24(3)28-14-15-29-27-13-12-25-22-26(36-21-18-31(35)37-32(4,5)6)16-19-33(25,7)30(27)17-20-34(28,29)8/h12,23-24,26-30H,9-11,13-22H2,1-8H3/t24-,26+,27+,28-,29+,30?,33+,34-/m1/s1. The van der Waals surface area contributed by atoms with Crippen LogP contribution >= 0.6 is 0 Å². The van der Waals surface area contributed by atoms with Crippen LogP contribution in [-0.4, -0.2) is 24.3 Å². The van der Waals surface area contributed by atoms with E-state index in [-0.39, 0.29) is 12.1 Å². The van der Waals surface area contributed by atoms with Crippen molar-refractivity contribution in [3.63, 3.8) is 0 Å². The molecule has 0 saturated heterocycles. The van der Waals surface area contributed by atoms with Crippen LogP contribution < -0.4 is 0 Å². The lowest BCUT2D eigenvalue weighted by Crippen LogP contribution is -2.51. The molecule has 3 fully saturated rings. The highest BCUT2D eigenvalue weighted by atomic mass is 16.6. The molecule has 0 aliphatic heterocycles. The Bertz CT molecular complexity index is 821. The van der Waals surface area contributed by atoms with Crippen molar-refractivity contribution in [2.45, 2.75) is 144 Å².